The van der Waals surface area contributed by atoms with Crippen LogP contribution in [0.2, 0.25) is 0 Å². The Morgan fingerprint density at radius 1 is 0.380 bits per heavy atom. The lowest BCUT2D eigenvalue weighted by Gasteiger charge is -2.16. The Kier molecular flexibility index (Phi) is 6.56. The summed E-state index contributed by atoms with van der Waals surface area (Å²) >= 11 is 0. The third-order valence-electron chi connectivity index (χ3n) is 9.59. The Balaban J connectivity index is 1.27. The normalized spacial score (nSPS) is 11.1. The van der Waals surface area contributed by atoms with Gasteiger partial charge in [-0.1, -0.05) is 72.8 Å². The summed E-state index contributed by atoms with van der Waals surface area (Å²) in [5.41, 5.74) is 11.0. The molecule has 0 aliphatic heterocycles. The van der Waals surface area contributed by atoms with Gasteiger partial charge in [0.2, 0.25) is 0 Å². The van der Waals surface area contributed by atoms with Crippen molar-refractivity contribution in [2.45, 2.75) is 0 Å². The maximum atomic E-state index is 10.3. The van der Waals surface area contributed by atoms with E-state index in [1.165, 1.54) is 10.8 Å². The Morgan fingerprint density at radius 2 is 0.940 bits per heavy atom. The van der Waals surface area contributed by atoms with E-state index >= 15 is 0 Å². The highest BCUT2D eigenvalue weighted by molar-refractivity contribution is 6.11. The number of nitrogens with zero attached hydrogens (tertiary/aromatic N) is 5. The van der Waals surface area contributed by atoms with Crippen LogP contribution in [0.4, 0.5) is 0 Å². The smallest absolute Gasteiger partial charge is 0.0998 e. The third kappa shape index (κ3) is 4.38. The van der Waals surface area contributed by atoms with Crippen LogP contribution in [0.25, 0.3) is 77.2 Å². The molecule has 9 aromatic rings. The molecule has 0 atom stereocenters. The van der Waals surface area contributed by atoms with Crippen LogP contribution >= 0.6 is 0 Å². The van der Waals surface area contributed by atoms with E-state index in [1.54, 1.807) is 0 Å². The van der Waals surface area contributed by atoms with Crippen molar-refractivity contribution in [3.8, 4) is 51.8 Å². The van der Waals surface area contributed by atoms with Gasteiger partial charge < -0.3 is 9.13 Å². The van der Waals surface area contributed by atoms with Crippen LogP contribution in [0, 0.1) is 34.0 Å². The second kappa shape index (κ2) is 11.4. The Hall–Kier alpha value is -7.39. The van der Waals surface area contributed by atoms with Gasteiger partial charge in [-0.2, -0.15) is 15.8 Å². The van der Waals surface area contributed by atoms with E-state index in [-0.39, 0.29) is 0 Å². The van der Waals surface area contributed by atoms with Crippen molar-refractivity contribution in [1.82, 2.24) is 9.13 Å². The topological polar surface area (TPSA) is 81.2 Å². The molecule has 2 heterocycles. The van der Waals surface area contributed by atoms with Gasteiger partial charge >= 0.3 is 0 Å². The van der Waals surface area contributed by atoms with Crippen molar-refractivity contribution in [1.29, 1.82) is 15.8 Å². The third-order valence-corrected chi connectivity index (χ3v) is 9.59. The quantitative estimate of drug-likeness (QED) is 0.193. The van der Waals surface area contributed by atoms with E-state index in [2.05, 4.69) is 106 Å². The molecule has 230 valence electrons. The molecule has 50 heavy (non-hydrogen) atoms. The molecule has 0 amide bonds. The first kappa shape index (κ1) is 28.8. The predicted octanol–water partition coefficient (Wildman–Crippen LogP) is 10.8. The number of aromatic nitrogens is 2. The summed E-state index contributed by atoms with van der Waals surface area (Å²) in [6, 6.07) is 57.7. The van der Waals surface area contributed by atoms with E-state index in [0.29, 0.717) is 16.7 Å². The van der Waals surface area contributed by atoms with Crippen molar-refractivity contribution in [2.24, 2.45) is 0 Å². The van der Waals surface area contributed by atoms with Gasteiger partial charge in [0.1, 0.15) is 0 Å². The molecule has 0 saturated heterocycles. The van der Waals surface area contributed by atoms with Gasteiger partial charge in [-0.05, 0) is 90.0 Å². The van der Waals surface area contributed by atoms with Crippen molar-refractivity contribution < 1.29 is 0 Å². The minimum Gasteiger partial charge on any atom is -0.309 e. The molecule has 5 heteroatoms. The summed E-state index contributed by atoms with van der Waals surface area (Å²) in [5.74, 6) is 0. The van der Waals surface area contributed by atoms with Gasteiger partial charge in [-0.15, -0.1) is 0 Å². The van der Waals surface area contributed by atoms with Crippen molar-refractivity contribution >= 4 is 43.6 Å². The first-order valence-electron chi connectivity index (χ1n) is 16.3. The molecule has 0 fully saturated rings. The van der Waals surface area contributed by atoms with E-state index < -0.39 is 0 Å². The first-order chi connectivity index (χ1) is 24.7. The fraction of sp³-hybridized carbons (Fsp3) is 0. The van der Waals surface area contributed by atoms with Gasteiger partial charge in [0.25, 0.3) is 0 Å². The van der Waals surface area contributed by atoms with Crippen LogP contribution in [0.15, 0.2) is 152 Å². The predicted molar refractivity (Wildman–Crippen MR) is 200 cm³/mol. The molecular weight excluding hydrogens is 611 g/mol. The van der Waals surface area contributed by atoms with E-state index in [0.717, 1.165) is 66.5 Å². The monoisotopic (exact) mass is 635 g/mol. The molecule has 0 radical (unpaired) electrons. The molecule has 7 aromatic carbocycles. The van der Waals surface area contributed by atoms with Crippen LogP contribution in [-0.2, 0) is 0 Å². The van der Waals surface area contributed by atoms with Crippen LogP contribution in [0.5, 0.6) is 0 Å². The Bertz CT molecular complexity index is 2920. The van der Waals surface area contributed by atoms with E-state index in [1.807, 2.05) is 72.8 Å². The Labute approximate surface area is 287 Å². The molecule has 0 unspecified atom stereocenters. The minimum atomic E-state index is 0.504. The largest absolute Gasteiger partial charge is 0.309 e. The molecule has 0 aliphatic carbocycles. The Morgan fingerprint density at radius 3 is 1.60 bits per heavy atom. The maximum Gasteiger partial charge on any atom is 0.0998 e. The van der Waals surface area contributed by atoms with Gasteiger partial charge in [0, 0.05) is 38.4 Å². The molecular formula is C45H25N5. The van der Waals surface area contributed by atoms with Gasteiger partial charge in [-0.3, -0.25) is 0 Å². The molecule has 0 saturated carbocycles. The lowest BCUT2D eigenvalue weighted by Crippen LogP contribution is -1.98. The van der Waals surface area contributed by atoms with E-state index in [4.69, 9.17) is 0 Å². The SMILES string of the molecule is N#Cc1cc(-c2cc(-n3c4ccccc4c4cc(C#N)ccc43)ccc2C#N)cc(-c2ccccc2-n2c3ccccc3c3ccccc32)c1. The van der Waals surface area contributed by atoms with Crippen LogP contribution in [0.1, 0.15) is 16.7 Å². The number of hydrogen-bond donors (Lipinski definition) is 0. The van der Waals surface area contributed by atoms with Crippen LogP contribution < -0.4 is 0 Å². The number of fused-ring (bicyclic) bond motifs is 6. The lowest BCUT2D eigenvalue weighted by molar-refractivity contribution is 1.18. The summed E-state index contributed by atoms with van der Waals surface area (Å²) in [6.07, 6.45) is 0. The van der Waals surface area contributed by atoms with Gasteiger partial charge in [0.05, 0.1) is 62.7 Å². The summed E-state index contributed by atoms with van der Waals surface area (Å²) < 4.78 is 4.46. The lowest BCUT2D eigenvalue weighted by atomic mass is 9.93. The highest BCUT2D eigenvalue weighted by atomic mass is 15.0. The number of para-hydroxylation sites is 4. The summed E-state index contributed by atoms with van der Waals surface area (Å²) in [4.78, 5) is 0. The zero-order chi connectivity index (χ0) is 33.8. The number of benzene rings is 7. The summed E-state index contributed by atoms with van der Waals surface area (Å²) in [5, 5.41) is 34.6. The molecule has 0 spiro atoms. The minimum absolute atomic E-state index is 0.504. The average molecular weight is 636 g/mol. The van der Waals surface area contributed by atoms with Crippen molar-refractivity contribution in [2.75, 3.05) is 0 Å². The number of rotatable bonds is 4. The number of nitriles is 3. The highest BCUT2D eigenvalue weighted by Gasteiger charge is 2.18. The first-order valence-corrected chi connectivity index (χ1v) is 16.3. The fourth-order valence-corrected chi connectivity index (χ4v) is 7.43. The zero-order valence-electron chi connectivity index (χ0n) is 26.7. The zero-order valence-corrected chi connectivity index (χ0v) is 26.7. The second-order valence-corrected chi connectivity index (χ2v) is 12.3. The summed E-state index contributed by atoms with van der Waals surface area (Å²) in [6.45, 7) is 0. The summed E-state index contributed by atoms with van der Waals surface area (Å²) in [7, 11) is 0. The van der Waals surface area contributed by atoms with Gasteiger partial charge in [0.15, 0.2) is 0 Å². The average Bonchev–Trinajstić information content (AvgIpc) is 3.70. The number of hydrogen-bond acceptors (Lipinski definition) is 3. The fourth-order valence-electron chi connectivity index (χ4n) is 7.43. The van der Waals surface area contributed by atoms with Crippen LogP contribution in [0.3, 0.4) is 0 Å². The second-order valence-electron chi connectivity index (χ2n) is 12.3. The molecule has 2 aromatic heterocycles. The van der Waals surface area contributed by atoms with E-state index in [9.17, 15) is 15.8 Å². The van der Waals surface area contributed by atoms with Gasteiger partial charge in [-0.25, -0.2) is 0 Å². The van der Waals surface area contributed by atoms with Crippen molar-refractivity contribution in [3.05, 3.63) is 168 Å². The molecule has 0 N–H and O–H groups in total. The molecule has 0 bridgehead atoms. The molecule has 9 rings (SSSR count). The standard InChI is InChI=1S/C45H25N5/c46-26-29-17-20-45-40(23-29)38-12-4-6-14-42(38)49(45)34-19-18-31(28-48)39(25-34)33-22-30(27-47)21-32(24-33)35-9-1-5-13-41(35)50-43-15-7-2-10-36(43)37-11-3-8-16-44(37)50/h1-25H. The maximum absolute atomic E-state index is 10.3. The van der Waals surface area contributed by atoms with Crippen LogP contribution in [-0.4, -0.2) is 9.13 Å². The van der Waals surface area contributed by atoms with Crippen molar-refractivity contribution in [3.63, 3.8) is 0 Å². The molecule has 0 aliphatic rings. The molecule has 5 nitrogen and oxygen atoms in total. The highest BCUT2D eigenvalue weighted by Crippen LogP contribution is 2.39.